The molecule has 2 nitrogen and oxygen atoms in total. The zero-order valence-electron chi connectivity index (χ0n) is 9.51. The van der Waals surface area contributed by atoms with E-state index in [4.69, 9.17) is 9.47 Å². The standard InChI is InChI=1S/C11H19O2.BrH.Mg/c1-3-4-5-6-7-8-11(2)12-9-10-13-11;;/h9-10H,1,3-8H2,2H3;1H;/q-1;;+2/p-1. The molecule has 1 aliphatic heterocycles. The van der Waals surface area contributed by atoms with Gasteiger partial charge in [-0.3, -0.25) is 0 Å². The van der Waals surface area contributed by atoms with Gasteiger partial charge in [-0.15, -0.1) is 0 Å². The Labute approximate surface area is 120 Å². The number of ether oxygens (including phenoxy) is 2. The molecule has 0 saturated carbocycles. The van der Waals surface area contributed by atoms with Crippen LogP contribution in [0.25, 0.3) is 0 Å². The van der Waals surface area contributed by atoms with E-state index in [9.17, 15) is 0 Å². The minimum atomic E-state index is -0.384. The third-order valence-electron chi connectivity index (χ3n) is 2.32. The van der Waals surface area contributed by atoms with Crippen molar-refractivity contribution in [3.63, 3.8) is 0 Å². The van der Waals surface area contributed by atoms with Gasteiger partial charge in [0.05, 0.1) is 0 Å². The molecule has 0 aromatic rings. The molecule has 1 aliphatic rings. The third kappa shape index (κ3) is 7.47. The molecule has 1 heterocycles. The Morgan fingerprint density at radius 1 is 1.07 bits per heavy atom. The van der Waals surface area contributed by atoms with Crippen LogP contribution in [0.3, 0.4) is 0 Å². The maximum Gasteiger partial charge on any atom is 2.00 e. The zero-order valence-corrected chi connectivity index (χ0v) is 12.5. The molecule has 0 bridgehead atoms. The van der Waals surface area contributed by atoms with Crippen molar-refractivity contribution >= 4 is 23.1 Å². The average molecular weight is 287 g/mol. The Hall–Kier alpha value is 0.586. The Bertz CT molecular complexity index is 166. The summed E-state index contributed by atoms with van der Waals surface area (Å²) in [6.07, 6.45) is 10.2. The van der Waals surface area contributed by atoms with Gasteiger partial charge in [0.15, 0.2) is 0 Å². The number of unbranched alkanes of at least 4 members (excludes halogenated alkanes) is 4. The molecule has 0 N–H and O–H groups in total. The molecular formula is C11H19BrMgO2. The van der Waals surface area contributed by atoms with Crippen molar-refractivity contribution in [3.05, 3.63) is 19.4 Å². The summed E-state index contributed by atoms with van der Waals surface area (Å²) in [5.41, 5.74) is 0. The summed E-state index contributed by atoms with van der Waals surface area (Å²) in [6.45, 7) is 5.80. The average Bonchev–Trinajstić information content (AvgIpc) is 2.53. The number of halogens is 1. The van der Waals surface area contributed by atoms with Gasteiger partial charge in [0.2, 0.25) is 5.79 Å². The van der Waals surface area contributed by atoms with Crippen LogP contribution in [0.15, 0.2) is 12.5 Å². The quantitative estimate of drug-likeness (QED) is 0.389. The van der Waals surface area contributed by atoms with Gasteiger partial charge in [0.1, 0.15) is 12.5 Å². The SMILES string of the molecule is [Br-].[CH2-]CCCCCCC1(C)OC=CO1.[Mg+2]. The van der Waals surface area contributed by atoms with Gasteiger partial charge in [0.25, 0.3) is 0 Å². The summed E-state index contributed by atoms with van der Waals surface area (Å²) in [5, 5.41) is 0. The normalized spacial score (nSPS) is 15.9. The molecule has 0 aromatic carbocycles. The van der Waals surface area contributed by atoms with Crippen LogP contribution >= 0.6 is 0 Å². The van der Waals surface area contributed by atoms with Crippen LogP contribution < -0.4 is 17.0 Å². The molecular weight excluding hydrogens is 268 g/mol. The number of rotatable bonds is 6. The van der Waals surface area contributed by atoms with Gasteiger partial charge >= 0.3 is 23.1 Å². The van der Waals surface area contributed by atoms with Gasteiger partial charge < -0.3 is 33.4 Å². The van der Waals surface area contributed by atoms with E-state index in [1.807, 2.05) is 6.92 Å². The first-order valence-electron chi connectivity index (χ1n) is 5.07. The first kappa shape index (κ1) is 18.0. The molecule has 0 radical (unpaired) electrons. The van der Waals surface area contributed by atoms with Crippen LogP contribution in [0.1, 0.15) is 45.4 Å². The van der Waals surface area contributed by atoms with Gasteiger partial charge in [-0.1, -0.05) is 19.3 Å². The van der Waals surface area contributed by atoms with Gasteiger partial charge in [-0.25, -0.2) is 0 Å². The molecule has 0 aliphatic carbocycles. The minimum Gasteiger partial charge on any atom is -1.00 e. The Morgan fingerprint density at radius 2 is 1.60 bits per heavy atom. The molecule has 15 heavy (non-hydrogen) atoms. The minimum absolute atomic E-state index is 0. The van der Waals surface area contributed by atoms with E-state index in [-0.39, 0.29) is 45.8 Å². The molecule has 0 amide bonds. The van der Waals surface area contributed by atoms with E-state index in [1.165, 1.54) is 19.3 Å². The predicted octanol–water partition coefficient (Wildman–Crippen LogP) is 0.0185. The van der Waals surface area contributed by atoms with E-state index >= 15 is 0 Å². The molecule has 0 spiro atoms. The fraction of sp³-hybridized carbons (Fsp3) is 0.727. The van der Waals surface area contributed by atoms with Crippen molar-refractivity contribution in [2.75, 3.05) is 0 Å². The zero-order chi connectivity index (χ0) is 9.57. The maximum absolute atomic E-state index is 5.33. The van der Waals surface area contributed by atoms with Crippen LogP contribution in [0.4, 0.5) is 0 Å². The van der Waals surface area contributed by atoms with E-state index in [0.29, 0.717) is 0 Å². The van der Waals surface area contributed by atoms with E-state index < -0.39 is 0 Å². The summed E-state index contributed by atoms with van der Waals surface area (Å²) in [7, 11) is 0. The topological polar surface area (TPSA) is 18.5 Å². The van der Waals surface area contributed by atoms with Crippen molar-refractivity contribution in [2.24, 2.45) is 0 Å². The molecule has 0 saturated heterocycles. The Morgan fingerprint density at radius 3 is 2.13 bits per heavy atom. The fourth-order valence-corrected chi connectivity index (χ4v) is 1.47. The first-order valence-corrected chi connectivity index (χ1v) is 5.07. The van der Waals surface area contributed by atoms with Crippen LogP contribution in [0.5, 0.6) is 0 Å². The second-order valence-electron chi connectivity index (χ2n) is 3.66. The van der Waals surface area contributed by atoms with Crippen LogP contribution in [0.2, 0.25) is 0 Å². The van der Waals surface area contributed by atoms with Gasteiger partial charge in [-0.2, -0.15) is 6.42 Å². The molecule has 0 aromatic heterocycles. The summed E-state index contributed by atoms with van der Waals surface area (Å²) in [5.74, 6) is -0.384. The number of hydrogen-bond donors (Lipinski definition) is 0. The van der Waals surface area contributed by atoms with Crippen molar-refractivity contribution in [2.45, 2.75) is 51.2 Å². The smallest absolute Gasteiger partial charge is 1.00 e. The van der Waals surface area contributed by atoms with E-state index in [2.05, 4.69) is 6.92 Å². The molecule has 4 heteroatoms. The van der Waals surface area contributed by atoms with E-state index in [1.54, 1.807) is 12.5 Å². The summed E-state index contributed by atoms with van der Waals surface area (Å²) < 4.78 is 10.7. The maximum atomic E-state index is 5.33. The molecule has 0 fully saturated rings. The van der Waals surface area contributed by atoms with Crippen LogP contribution in [-0.4, -0.2) is 28.8 Å². The molecule has 84 valence electrons. The largest absolute Gasteiger partial charge is 2.00 e. The van der Waals surface area contributed by atoms with Crippen molar-refractivity contribution in [1.29, 1.82) is 0 Å². The second kappa shape index (κ2) is 9.79. The summed E-state index contributed by atoms with van der Waals surface area (Å²) in [6, 6.07) is 0. The van der Waals surface area contributed by atoms with Crippen molar-refractivity contribution < 1.29 is 26.5 Å². The van der Waals surface area contributed by atoms with Crippen molar-refractivity contribution in [1.82, 2.24) is 0 Å². The summed E-state index contributed by atoms with van der Waals surface area (Å²) in [4.78, 5) is 0. The van der Waals surface area contributed by atoms with Gasteiger partial charge in [0, 0.05) is 13.3 Å². The number of hydrogen-bond acceptors (Lipinski definition) is 2. The van der Waals surface area contributed by atoms with Crippen molar-refractivity contribution in [3.8, 4) is 0 Å². The monoisotopic (exact) mass is 286 g/mol. The van der Waals surface area contributed by atoms with Crippen LogP contribution in [0, 0.1) is 6.92 Å². The second-order valence-corrected chi connectivity index (χ2v) is 3.66. The Balaban J connectivity index is 0. The molecule has 1 rings (SSSR count). The Kier molecular flexibility index (Phi) is 11.7. The van der Waals surface area contributed by atoms with Gasteiger partial charge in [-0.05, 0) is 6.42 Å². The third-order valence-corrected chi connectivity index (χ3v) is 2.32. The van der Waals surface area contributed by atoms with Crippen LogP contribution in [-0.2, 0) is 9.47 Å². The first-order chi connectivity index (χ1) is 6.27. The molecule has 0 unspecified atom stereocenters. The summed E-state index contributed by atoms with van der Waals surface area (Å²) >= 11 is 0. The molecule has 0 atom stereocenters. The predicted molar refractivity (Wildman–Crippen MR) is 58.5 cm³/mol. The fourth-order valence-electron chi connectivity index (χ4n) is 1.47. The van der Waals surface area contributed by atoms with E-state index in [0.717, 1.165) is 19.3 Å².